The number of carbonyl (C=O) groups excluding carboxylic acids is 1. The topological polar surface area (TPSA) is 63.6 Å². The molecule has 1 N–H and O–H groups in total. The second kappa shape index (κ2) is 7.04. The Labute approximate surface area is 171 Å². The highest BCUT2D eigenvalue weighted by atomic mass is 35.5. The molecule has 0 bridgehead atoms. The van der Waals surface area contributed by atoms with E-state index in [9.17, 15) is 4.79 Å². The van der Waals surface area contributed by atoms with Gasteiger partial charge < -0.3 is 10.1 Å². The maximum Gasteiger partial charge on any atom is 0.255 e. The lowest BCUT2D eigenvalue weighted by molar-refractivity contribution is 0.102. The van der Waals surface area contributed by atoms with Gasteiger partial charge in [-0.15, -0.1) is 0 Å². The lowest BCUT2D eigenvalue weighted by Gasteiger charge is -2.12. The number of fused-ring (bicyclic) bond motifs is 2. The number of amides is 1. The van der Waals surface area contributed by atoms with Crippen molar-refractivity contribution in [3.8, 4) is 11.5 Å². The number of halogens is 1. The molecule has 0 radical (unpaired) electrons. The van der Waals surface area contributed by atoms with Gasteiger partial charge in [0.25, 0.3) is 5.91 Å². The Balaban J connectivity index is 1.43. The fraction of sp³-hybridized carbons (Fsp3) is 0. The standard InChI is InChI=1S/C23H14ClN3O2/c24-16-6-4-14(5-7-16)23(28)27-20-3-1-2-15-12-17(8-9-18(15)20)29-21-10-11-25-22-19(21)13-26-22/h1-13H,(H,27,28). The number of ether oxygens (including phenoxy) is 1. The highest BCUT2D eigenvalue weighted by molar-refractivity contribution is 6.30. The molecule has 0 atom stereocenters. The Hall–Kier alpha value is -3.70. The number of benzene rings is 3. The third kappa shape index (κ3) is 3.32. The summed E-state index contributed by atoms with van der Waals surface area (Å²) in [5.41, 5.74) is 1.97. The van der Waals surface area contributed by atoms with Gasteiger partial charge in [-0.1, -0.05) is 23.7 Å². The number of pyridine rings is 1. The second-order valence-electron chi connectivity index (χ2n) is 6.56. The van der Waals surface area contributed by atoms with Gasteiger partial charge in [0, 0.05) is 34.1 Å². The molecule has 0 fully saturated rings. The Morgan fingerprint density at radius 2 is 1.86 bits per heavy atom. The number of nitrogens with zero attached hydrogens (tertiary/aromatic N) is 2. The van der Waals surface area contributed by atoms with Gasteiger partial charge in [-0.2, -0.15) is 0 Å². The van der Waals surface area contributed by atoms with Crippen LogP contribution in [-0.4, -0.2) is 10.9 Å². The van der Waals surface area contributed by atoms with Crippen molar-refractivity contribution in [2.24, 2.45) is 4.99 Å². The lowest BCUT2D eigenvalue weighted by Crippen LogP contribution is -2.34. The molecule has 0 spiro atoms. The van der Waals surface area contributed by atoms with Gasteiger partial charge in [0.1, 0.15) is 11.5 Å². The minimum absolute atomic E-state index is 0.190. The van der Waals surface area contributed by atoms with Gasteiger partial charge in [0.2, 0.25) is 0 Å². The molecule has 5 nitrogen and oxygen atoms in total. The summed E-state index contributed by atoms with van der Waals surface area (Å²) in [4.78, 5) is 20.8. The van der Waals surface area contributed by atoms with Gasteiger partial charge >= 0.3 is 0 Å². The molecule has 5 rings (SSSR count). The Kier molecular flexibility index (Phi) is 4.22. The van der Waals surface area contributed by atoms with Crippen LogP contribution in [0.2, 0.25) is 5.02 Å². The molecule has 0 aliphatic carbocycles. The second-order valence-corrected chi connectivity index (χ2v) is 6.99. The molecule has 0 unspecified atom stereocenters. The smallest absolute Gasteiger partial charge is 0.255 e. The van der Waals surface area contributed by atoms with Gasteiger partial charge in [-0.05, 0) is 60.0 Å². The van der Waals surface area contributed by atoms with Gasteiger partial charge in [-0.25, -0.2) is 9.98 Å². The quantitative estimate of drug-likeness (QED) is 0.556. The molecule has 29 heavy (non-hydrogen) atoms. The molecule has 140 valence electrons. The predicted molar refractivity (Wildman–Crippen MR) is 113 cm³/mol. The maximum absolute atomic E-state index is 12.6. The van der Waals surface area contributed by atoms with E-state index in [2.05, 4.69) is 15.3 Å². The normalized spacial score (nSPS) is 11.6. The van der Waals surface area contributed by atoms with Crippen molar-refractivity contribution in [2.45, 2.75) is 0 Å². The third-order valence-electron chi connectivity index (χ3n) is 4.68. The third-order valence-corrected chi connectivity index (χ3v) is 4.93. The summed E-state index contributed by atoms with van der Waals surface area (Å²) in [6.45, 7) is 0. The van der Waals surface area contributed by atoms with Crippen LogP contribution in [0, 0.1) is 0 Å². The van der Waals surface area contributed by atoms with Crippen molar-refractivity contribution in [1.82, 2.24) is 4.98 Å². The summed E-state index contributed by atoms with van der Waals surface area (Å²) in [7, 11) is 0. The number of hydrogen-bond acceptors (Lipinski definition) is 4. The highest BCUT2D eigenvalue weighted by Crippen LogP contribution is 2.29. The zero-order chi connectivity index (χ0) is 19.8. The fourth-order valence-electron chi connectivity index (χ4n) is 3.17. The largest absolute Gasteiger partial charge is 0.456 e. The number of hydrogen-bond donors (Lipinski definition) is 1. The molecule has 0 saturated heterocycles. The van der Waals surface area contributed by atoms with E-state index in [1.54, 1.807) is 36.7 Å². The van der Waals surface area contributed by atoms with Crippen LogP contribution >= 0.6 is 11.6 Å². The van der Waals surface area contributed by atoms with E-state index in [0.29, 0.717) is 21.8 Å². The first-order valence-electron chi connectivity index (χ1n) is 8.98. The van der Waals surface area contributed by atoms with Crippen LogP contribution in [0.5, 0.6) is 11.5 Å². The molecule has 1 aliphatic heterocycles. The van der Waals surface area contributed by atoms with Gasteiger partial charge in [0.15, 0.2) is 5.49 Å². The summed E-state index contributed by atoms with van der Waals surface area (Å²) < 4.78 is 6.02. The number of anilines is 1. The van der Waals surface area contributed by atoms with Crippen molar-refractivity contribution in [2.75, 3.05) is 5.32 Å². The summed E-state index contributed by atoms with van der Waals surface area (Å²) in [5, 5.41) is 6.34. The molecular formula is C23H14ClN3O2. The Bertz CT molecular complexity index is 1380. The summed E-state index contributed by atoms with van der Waals surface area (Å²) in [5.74, 6) is 1.23. The van der Waals surface area contributed by atoms with Crippen LogP contribution in [0.3, 0.4) is 0 Å². The van der Waals surface area contributed by atoms with Crippen molar-refractivity contribution in [3.05, 3.63) is 94.2 Å². The van der Waals surface area contributed by atoms with Crippen LogP contribution in [-0.2, 0) is 0 Å². The molecule has 4 aromatic rings. The number of rotatable bonds is 4. The maximum atomic E-state index is 12.6. The predicted octanol–water partition coefficient (Wildman–Crippen LogP) is 4.30. The van der Waals surface area contributed by atoms with Gasteiger partial charge in [-0.3, -0.25) is 4.79 Å². The van der Waals surface area contributed by atoms with E-state index in [1.165, 1.54) is 0 Å². The molecule has 1 aliphatic rings. The SMILES string of the molecule is O=C(Nc1cccc2cc(Oc3ccnc4c3=CN=4)ccc12)c1ccc(Cl)cc1. The highest BCUT2D eigenvalue weighted by Gasteiger charge is 2.10. The van der Waals surface area contributed by atoms with E-state index >= 15 is 0 Å². The molecular weight excluding hydrogens is 386 g/mol. The van der Waals surface area contributed by atoms with Crippen molar-refractivity contribution in [1.29, 1.82) is 0 Å². The molecule has 1 amide bonds. The van der Waals surface area contributed by atoms with Crippen LogP contribution in [0.25, 0.3) is 17.0 Å². The van der Waals surface area contributed by atoms with Crippen molar-refractivity contribution >= 4 is 40.2 Å². The summed E-state index contributed by atoms with van der Waals surface area (Å²) >= 11 is 5.90. The zero-order valence-corrected chi connectivity index (χ0v) is 15.9. The number of aromatic nitrogens is 1. The van der Waals surface area contributed by atoms with E-state index in [-0.39, 0.29) is 5.91 Å². The molecule has 1 aromatic heterocycles. The number of carbonyl (C=O) groups is 1. The minimum Gasteiger partial charge on any atom is -0.456 e. The average molecular weight is 400 g/mol. The molecule has 2 heterocycles. The van der Waals surface area contributed by atoms with E-state index in [0.717, 1.165) is 27.4 Å². The minimum atomic E-state index is -0.190. The first kappa shape index (κ1) is 17.4. The molecule has 0 saturated carbocycles. The summed E-state index contributed by atoms with van der Waals surface area (Å²) in [6.07, 6.45) is 3.42. The van der Waals surface area contributed by atoms with Crippen LogP contribution in [0.1, 0.15) is 10.4 Å². The van der Waals surface area contributed by atoms with Crippen molar-refractivity contribution in [3.63, 3.8) is 0 Å². The van der Waals surface area contributed by atoms with E-state index in [4.69, 9.17) is 16.3 Å². The molecule has 6 heteroatoms. The fourth-order valence-corrected chi connectivity index (χ4v) is 3.30. The monoisotopic (exact) mass is 399 g/mol. The Morgan fingerprint density at radius 1 is 1.00 bits per heavy atom. The van der Waals surface area contributed by atoms with Gasteiger partial charge in [0.05, 0.1) is 5.22 Å². The average Bonchev–Trinajstić information content (AvgIpc) is 2.70. The zero-order valence-electron chi connectivity index (χ0n) is 15.1. The van der Waals surface area contributed by atoms with Crippen LogP contribution in [0.4, 0.5) is 5.69 Å². The first-order valence-corrected chi connectivity index (χ1v) is 9.36. The van der Waals surface area contributed by atoms with E-state index < -0.39 is 0 Å². The molecule has 3 aromatic carbocycles. The van der Waals surface area contributed by atoms with Crippen LogP contribution in [0.15, 0.2) is 77.9 Å². The Morgan fingerprint density at radius 3 is 2.66 bits per heavy atom. The number of nitrogens with one attached hydrogen (secondary N) is 1. The van der Waals surface area contributed by atoms with E-state index in [1.807, 2.05) is 42.5 Å². The lowest BCUT2D eigenvalue weighted by atomic mass is 10.1. The summed E-state index contributed by atoms with van der Waals surface area (Å²) in [6, 6.07) is 20.1. The first-order chi connectivity index (χ1) is 14.2. The van der Waals surface area contributed by atoms with Crippen LogP contribution < -0.4 is 20.8 Å². The van der Waals surface area contributed by atoms with Crippen molar-refractivity contribution < 1.29 is 9.53 Å².